The molecule has 0 aliphatic rings. The van der Waals surface area contributed by atoms with Crippen molar-refractivity contribution in [3.63, 3.8) is 0 Å². The Labute approximate surface area is 79.6 Å². The van der Waals surface area contributed by atoms with Crippen LogP contribution in [0.25, 0.3) is 11.0 Å². The second-order valence-corrected chi connectivity index (χ2v) is 2.72. The van der Waals surface area contributed by atoms with Crippen molar-refractivity contribution in [1.82, 2.24) is 9.97 Å². The lowest BCUT2D eigenvalue weighted by atomic mass is 10.2. The van der Waals surface area contributed by atoms with Crippen molar-refractivity contribution in [2.24, 2.45) is 0 Å². The zero-order chi connectivity index (χ0) is 10.1. The van der Waals surface area contributed by atoms with Crippen LogP contribution in [0.4, 0.5) is 0 Å². The standard InChI is InChI=1S/C9H8N2O3/c1-14-8-3-2-5-6(12)4-7(13)10-9(5)11-8/h2-4H,1H3,(H2,10,11,12,13). The molecule has 0 radical (unpaired) electrons. The van der Waals surface area contributed by atoms with Crippen molar-refractivity contribution in [2.45, 2.75) is 0 Å². The predicted octanol–water partition coefficient (Wildman–Crippen LogP) is 1.05. The van der Waals surface area contributed by atoms with Crippen molar-refractivity contribution in [2.75, 3.05) is 7.11 Å². The Morgan fingerprint density at radius 2 is 2.00 bits per heavy atom. The molecule has 0 saturated heterocycles. The molecule has 2 aromatic rings. The molecule has 2 rings (SSSR count). The van der Waals surface area contributed by atoms with E-state index in [4.69, 9.17) is 9.84 Å². The van der Waals surface area contributed by atoms with Crippen molar-refractivity contribution in [3.05, 3.63) is 18.2 Å². The Morgan fingerprint density at radius 3 is 2.71 bits per heavy atom. The van der Waals surface area contributed by atoms with Gasteiger partial charge in [0.25, 0.3) is 0 Å². The van der Waals surface area contributed by atoms with Crippen LogP contribution < -0.4 is 4.74 Å². The van der Waals surface area contributed by atoms with Gasteiger partial charge < -0.3 is 14.9 Å². The normalized spacial score (nSPS) is 10.4. The van der Waals surface area contributed by atoms with E-state index in [1.54, 1.807) is 12.1 Å². The van der Waals surface area contributed by atoms with Crippen molar-refractivity contribution >= 4 is 11.0 Å². The Balaban J connectivity index is 2.75. The second kappa shape index (κ2) is 3.02. The first kappa shape index (κ1) is 8.55. The first-order valence-electron chi connectivity index (χ1n) is 3.94. The minimum Gasteiger partial charge on any atom is -0.507 e. The third-order valence-corrected chi connectivity index (χ3v) is 1.82. The molecule has 0 unspecified atom stereocenters. The average molecular weight is 192 g/mol. The molecule has 0 aliphatic heterocycles. The quantitative estimate of drug-likeness (QED) is 0.706. The number of fused-ring (bicyclic) bond motifs is 1. The van der Waals surface area contributed by atoms with Crippen molar-refractivity contribution in [1.29, 1.82) is 0 Å². The van der Waals surface area contributed by atoms with E-state index in [-0.39, 0.29) is 17.3 Å². The van der Waals surface area contributed by atoms with Gasteiger partial charge in [-0.3, -0.25) is 0 Å². The number of rotatable bonds is 1. The Bertz CT molecular complexity index is 485. The third kappa shape index (κ3) is 1.28. The molecule has 0 aliphatic carbocycles. The summed E-state index contributed by atoms with van der Waals surface area (Å²) in [5, 5.41) is 19.0. The summed E-state index contributed by atoms with van der Waals surface area (Å²) in [4.78, 5) is 7.71. The fourth-order valence-electron chi connectivity index (χ4n) is 1.17. The van der Waals surface area contributed by atoms with Gasteiger partial charge in [0.05, 0.1) is 12.5 Å². The third-order valence-electron chi connectivity index (χ3n) is 1.82. The monoisotopic (exact) mass is 192 g/mol. The second-order valence-electron chi connectivity index (χ2n) is 2.72. The SMILES string of the molecule is COc1ccc2c(O)cc(O)nc2n1. The van der Waals surface area contributed by atoms with Gasteiger partial charge in [-0.25, -0.2) is 0 Å². The molecule has 0 saturated carbocycles. The van der Waals surface area contributed by atoms with Gasteiger partial charge in [0, 0.05) is 12.1 Å². The van der Waals surface area contributed by atoms with E-state index < -0.39 is 0 Å². The molecule has 2 N–H and O–H groups in total. The summed E-state index contributed by atoms with van der Waals surface area (Å²) >= 11 is 0. The molecule has 2 aromatic heterocycles. The molecule has 5 nitrogen and oxygen atoms in total. The molecule has 0 amide bonds. The molecule has 72 valence electrons. The predicted molar refractivity (Wildman–Crippen MR) is 49.4 cm³/mol. The van der Waals surface area contributed by atoms with Gasteiger partial charge in [0.15, 0.2) is 5.65 Å². The summed E-state index contributed by atoms with van der Waals surface area (Å²) in [5.74, 6) is 0.0633. The van der Waals surface area contributed by atoms with Gasteiger partial charge in [-0.1, -0.05) is 0 Å². The molecule has 0 atom stereocenters. The first-order valence-corrected chi connectivity index (χ1v) is 3.94. The molecule has 0 fully saturated rings. The van der Waals surface area contributed by atoms with E-state index in [0.29, 0.717) is 11.3 Å². The van der Waals surface area contributed by atoms with Crippen molar-refractivity contribution < 1.29 is 14.9 Å². The summed E-state index contributed by atoms with van der Waals surface area (Å²) in [6, 6.07) is 4.40. The van der Waals surface area contributed by atoms with Crippen LogP contribution >= 0.6 is 0 Å². The minimum atomic E-state index is -0.268. The molecule has 14 heavy (non-hydrogen) atoms. The van der Waals surface area contributed by atoms with Crippen LogP contribution in [0, 0.1) is 0 Å². The van der Waals surface area contributed by atoms with Crippen LogP contribution in [0.5, 0.6) is 17.5 Å². The zero-order valence-electron chi connectivity index (χ0n) is 7.43. The van der Waals surface area contributed by atoms with Crippen LogP contribution in [0.2, 0.25) is 0 Å². The number of pyridine rings is 2. The molecular weight excluding hydrogens is 184 g/mol. The van der Waals surface area contributed by atoms with E-state index in [2.05, 4.69) is 9.97 Å². The van der Waals surface area contributed by atoms with E-state index in [1.165, 1.54) is 7.11 Å². The summed E-state index contributed by atoms with van der Waals surface area (Å²) in [6.45, 7) is 0. The zero-order valence-corrected chi connectivity index (χ0v) is 7.43. The maximum atomic E-state index is 9.43. The lowest BCUT2D eigenvalue weighted by Gasteiger charge is -2.02. The van der Waals surface area contributed by atoms with Crippen LogP contribution in [0.1, 0.15) is 0 Å². The fourth-order valence-corrected chi connectivity index (χ4v) is 1.17. The maximum absolute atomic E-state index is 9.43. The van der Waals surface area contributed by atoms with Crippen LogP contribution in [0.3, 0.4) is 0 Å². The molecule has 0 aromatic carbocycles. The molecule has 0 bridgehead atoms. The highest BCUT2D eigenvalue weighted by atomic mass is 16.5. The van der Waals surface area contributed by atoms with Gasteiger partial charge in [-0.05, 0) is 6.07 Å². The highest BCUT2D eigenvalue weighted by Crippen LogP contribution is 2.26. The Kier molecular flexibility index (Phi) is 1.85. The first-order chi connectivity index (χ1) is 6.70. The number of methoxy groups -OCH3 is 1. The number of aromatic hydroxyl groups is 2. The largest absolute Gasteiger partial charge is 0.507 e. The van der Waals surface area contributed by atoms with Crippen LogP contribution in [0.15, 0.2) is 18.2 Å². The van der Waals surface area contributed by atoms with E-state index in [1.807, 2.05) is 0 Å². The lowest BCUT2D eigenvalue weighted by molar-refractivity contribution is 0.398. The number of hydrogen-bond donors (Lipinski definition) is 2. The van der Waals surface area contributed by atoms with E-state index >= 15 is 0 Å². The number of aromatic nitrogens is 2. The maximum Gasteiger partial charge on any atom is 0.216 e. The summed E-state index contributed by atoms with van der Waals surface area (Å²) in [6.07, 6.45) is 0. The van der Waals surface area contributed by atoms with E-state index in [9.17, 15) is 5.11 Å². The Morgan fingerprint density at radius 1 is 1.21 bits per heavy atom. The van der Waals surface area contributed by atoms with Crippen LogP contribution in [-0.2, 0) is 0 Å². The lowest BCUT2D eigenvalue weighted by Crippen LogP contribution is -1.90. The van der Waals surface area contributed by atoms with Gasteiger partial charge in [0.2, 0.25) is 11.8 Å². The number of nitrogens with zero attached hydrogens (tertiary/aromatic N) is 2. The fraction of sp³-hybridized carbons (Fsp3) is 0.111. The molecule has 5 heteroatoms. The van der Waals surface area contributed by atoms with Crippen molar-refractivity contribution in [3.8, 4) is 17.5 Å². The Hall–Kier alpha value is -2.04. The van der Waals surface area contributed by atoms with Gasteiger partial charge in [0.1, 0.15) is 5.75 Å². The molecular formula is C9H8N2O3. The van der Waals surface area contributed by atoms with Gasteiger partial charge >= 0.3 is 0 Å². The molecule has 0 spiro atoms. The van der Waals surface area contributed by atoms with Gasteiger partial charge in [-0.2, -0.15) is 9.97 Å². The van der Waals surface area contributed by atoms with Crippen LogP contribution in [-0.4, -0.2) is 27.3 Å². The minimum absolute atomic E-state index is 0.0531. The smallest absolute Gasteiger partial charge is 0.216 e. The summed E-state index contributed by atoms with van der Waals surface area (Å²) in [5.41, 5.74) is 0.252. The van der Waals surface area contributed by atoms with E-state index in [0.717, 1.165) is 6.07 Å². The highest BCUT2D eigenvalue weighted by Gasteiger charge is 2.06. The van der Waals surface area contributed by atoms with Gasteiger partial charge in [-0.15, -0.1) is 0 Å². The summed E-state index contributed by atoms with van der Waals surface area (Å²) in [7, 11) is 1.48. The summed E-state index contributed by atoms with van der Waals surface area (Å²) < 4.78 is 4.89. The number of ether oxygens (including phenoxy) is 1. The molecule has 2 heterocycles. The topological polar surface area (TPSA) is 75.5 Å². The highest BCUT2D eigenvalue weighted by molar-refractivity contribution is 5.82. The number of hydrogen-bond acceptors (Lipinski definition) is 5. The average Bonchev–Trinajstić information content (AvgIpc) is 2.16.